The topological polar surface area (TPSA) is 55.6 Å². The monoisotopic (exact) mass is 606 g/mol. The molecule has 0 aromatic heterocycles. The molecule has 0 saturated heterocycles. The average Bonchev–Trinajstić information content (AvgIpc) is 3.18. The second kappa shape index (κ2) is 16.0. The number of thioether (sulfide) groups is 1. The molecule has 2 aliphatic heterocycles. The molecule has 2 aliphatic rings. The summed E-state index contributed by atoms with van der Waals surface area (Å²) in [6.45, 7) is 7.94. The Morgan fingerprint density at radius 2 is 1.40 bits per heavy atom. The van der Waals surface area contributed by atoms with Gasteiger partial charge in [-0.1, -0.05) is 153 Å². The number of anilines is 1. The highest BCUT2D eigenvalue weighted by Crippen LogP contribution is 2.62. The van der Waals surface area contributed by atoms with Crippen molar-refractivity contribution in [2.75, 3.05) is 18.6 Å². The number of para-hydroxylation sites is 1. The van der Waals surface area contributed by atoms with E-state index >= 15 is 0 Å². The van der Waals surface area contributed by atoms with Crippen LogP contribution < -0.4 is 9.64 Å². The average molecular weight is 607 g/mol. The van der Waals surface area contributed by atoms with E-state index < -0.39 is 0 Å². The number of hydrogen-bond acceptors (Lipinski definition) is 5. The number of nitro groups is 1. The van der Waals surface area contributed by atoms with Crippen LogP contribution >= 0.6 is 11.8 Å². The van der Waals surface area contributed by atoms with Crippen molar-refractivity contribution >= 4 is 29.2 Å². The van der Waals surface area contributed by atoms with Crippen molar-refractivity contribution in [2.24, 2.45) is 0 Å². The number of fused-ring (bicyclic) bond motifs is 2. The van der Waals surface area contributed by atoms with Gasteiger partial charge in [0.25, 0.3) is 5.69 Å². The number of nitro benzene ring substituents is 1. The summed E-state index contributed by atoms with van der Waals surface area (Å²) in [5, 5.41) is 11.5. The van der Waals surface area contributed by atoms with Crippen molar-refractivity contribution in [3.8, 4) is 5.75 Å². The fraction of sp³-hybridized carbons (Fsp3) is 0.622. The van der Waals surface area contributed by atoms with Gasteiger partial charge in [-0.05, 0) is 29.7 Å². The summed E-state index contributed by atoms with van der Waals surface area (Å²) in [7, 11) is 1.60. The molecule has 0 amide bonds. The summed E-state index contributed by atoms with van der Waals surface area (Å²) < 4.78 is 5.70. The minimum absolute atomic E-state index is 0.0655. The van der Waals surface area contributed by atoms with Crippen LogP contribution in [0.1, 0.15) is 135 Å². The van der Waals surface area contributed by atoms with Gasteiger partial charge < -0.3 is 9.64 Å². The van der Waals surface area contributed by atoms with Crippen LogP contribution in [0.3, 0.4) is 0 Å². The zero-order chi connectivity index (χ0) is 30.7. The number of rotatable bonds is 19. The Hall–Kier alpha value is -2.47. The summed E-state index contributed by atoms with van der Waals surface area (Å²) in [6.07, 6.45) is 26.3. The van der Waals surface area contributed by atoms with Crippen LogP contribution in [-0.4, -0.2) is 23.4 Å². The maximum Gasteiger partial charge on any atom is 0.273 e. The van der Waals surface area contributed by atoms with Gasteiger partial charge in [-0.2, -0.15) is 0 Å². The standard InChI is InChI=1S/C37H54N2O3S/c1-5-6-7-8-9-10-11-12-13-14-15-16-17-18-19-22-27-38-33-24-21-20-23-32(33)36(2,3)37(38)26-25-30-28-31(39(40)41)29-34(42-4)35(30)43-37/h20-21,23-26,28-29H,5-19,22,27H2,1-4H3. The first-order chi connectivity index (χ1) is 20.9. The number of ether oxygens (including phenoxy) is 1. The Balaban J connectivity index is 1.28. The third-order valence-electron chi connectivity index (χ3n) is 9.65. The first-order valence-electron chi connectivity index (χ1n) is 17.0. The summed E-state index contributed by atoms with van der Waals surface area (Å²) >= 11 is 1.79. The summed E-state index contributed by atoms with van der Waals surface area (Å²) in [4.78, 5) is 14.4. The highest BCUT2D eigenvalue weighted by atomic mass is 32.2. The highest BCUT2D eigenvalue weighted by molar-refractivity contribution is 8.01. The molecule has 2 aromatic rings. The normalized spacial score (nSPS) is 18.2. The van der Waals surface area contributed by atoms with Gasteiger partial charge in [0.15, 0.2) is 0 Å². The van der Waals surface area contributed by atoms with Gasteiger partial charge in [0.1, 0.15) is 10.6 Å². The lowest BCUT2D eigenvalue weighted by Crippen LogP contribution is -2.52. The van der Waals surface area contributed by atoms with E-state index in [4.69, 9.17) is 4.74 Å². The SMILES string of the molecule is CCCCCCCCCCCCCCCCCCN1c2ccccc2C(C)(C)C12C=Cc1cc([N+](=O)[O-])cc(OC)c1S2. The molecule has 0 aliphatic carbocycles. The second-order valence-electron chi connectivity index (χ2n) is 13.1. The molecule has 1 spiro atoms. The fourth-order valence-electron chi connectivity index (χ4n) is 7.02. The van der Waals surface area contributed by atoms with Crippen molar-refractivity contribution in [2.45, 2.75) is 139 Å². The van der Waals surface area contributed by atoms with Gasteiger partial charge in [-0.15, -0.1) is 0 Å². The molecule has 4 rings (SSSR count). The molecule has 0 saturated carbocycles. The zero-order valence-corrected chi connectivity index (χ0v) is 28.0. The Bertz CT molecular complexity index is 1230. The summed E-state index contributed by atoms with van der Waals surface area (Å²) in [5.41, 5.74) is 3.42. The van der Waals surface area contributed by atoms with E-state index in [-0.39, 0.29) is 20.9 Å². The molecule has 6 heteroatoms. The molecule has 0 radical (unpaired) electrons. The first kappa shape index (κ1) is 33.4. The molecule has 2 heterocycles. The quantitative estimate of drug-likeness (QED) is 0.0904. The van der Waals surface area contributed by atoms with Crippen molar-refractivity contribution in [1.82, 2.24) is 0 Å². The molecule has 0 N–H and O–H groups in total. The van der Waals surface area contributed by atoms with Crippen LogP contribution in [0.25, 0.3) is 6.08 Å². The maximum absolute atomic E-state index is 11.5. The molecule has 0 fully saturated rings. The van der Waals surface area contributed by atoms with E-state index in [0.717, 1.165) is 23.4 Å². The smallest absolute Gasteiger partial charge is 0.273 e. The molecule has 5 nitrogen and oxygen atoms in total. The molecule has 236 valence electrons. The maximum atomic E-state index is 11.5. The Morgan fingerprint density at radius 3 is 1.95 bits per heavy atom. The number of nitrogens with zero attached hydrogens (tertiary/aromatic N) is 2. The molecule has 2 aromatic carbocycles. The predicted molar refractivity (Wildman–Crippen MR) is 184 cm³/mol. The Morgan fingerprint density at radius 1 is 0.837 bits per heavy atom. The van der Waals surface area contributed by atoms with Gasteiger partial charge in [0.05, 0.1) is 23.0 Å². The minimum atomic E-state index is -0.343. The highest BCUT2D eigenvalue weighted by Gasteiger charge is 2.57. The molecular weight excluding hydrogens is 552 g/mol. The number of hydrogen-bond donors (Lipinski definition) is 0. The van der Waals surface area contributed by atoms with Crippen LogP contribution in [-0.2, 0) is 5.41 Å². The van der Waals surface area contributed by atoms with Gasteiger partial charge in [-0.25, -0.2) is 0 Å². The van der Waals surface area contributed by atoms with E-state index in [2.05, 4.69) is 62.1 Å². The Kier molecular flexibility index (Phi) is 12.4. The van der Waals surface area contributed by atoms with Crippen LogP contribution in [0, 0.1) is 10.1 Å². The summed E-state index contributed by atoms with van der Waals surface area (Å²) in [5.74, 6) is 0.576. The number of benzene rings is 2. The zero-order valence-electron chi connectivity index (χ0n) is 27.2. The third-order valence-corrected chi connectivity index (χ3v) is 11.5. The van der Waals surface area contributed by atoms with Crippen LogP contribution in [0.5, 0.6) is 5.75 Å². The minimum Gasteiger partial charge on any atom is -0.495 e. The molecule has 1 atom stereocenters. The van der Waals surface area contributed by atoms with E-state index in [1.54, 1.807) is 31.0 Å². The van der Waals surface area contributed by atoms with E-state index in [9.17, 15) is 10.1 Å². The predicted octanol–water partition coefficient (Wildman–Crippen LogP) is 11.5. The number of non-ortho nitro benzene ring substituents is 1. The molecular formula is C37H54N2O3S. The lowest BCUT2D eigenvalue weighted by atomic mass is 9.79. The number of methoxy groups -OCH3 is 1. The van der Waals surface area contributed by atoms with E-state index in [1.165, 1.54) is 108 Å². The Labute approximate surface area is 265 Å². The molecule has 1 unspecified atom stereocenters. The van der Waals surface area contributed by atoms with Gasteiger partial charge in [-0.3, -0.25) is 10.1 Å². The van der Waals surface area contributed by atoms with Gasteiger partial charge in [0, 0.05) is 23.7 Å². The first-order valence-corrected chi connectivity index (χ1v) is 17.8. The lowest BCUT2D eigenvalue weighted by molar-refractivity contribution is -0.385. The van der Waals surface area contributed by atoms with Crippen molar-refractivity contribution in [3.05, 3.63) is 63.7 Å². The van der Waals surface area contributed by atoms with Crippen LogP contribution in [0.15, 0.2) is 47.4 Å². The second-order valence-corrected chi connectivity index (χ2v) is 14.3. The van der Waals surface area contributed by atoms with E-state index in [1.807, 2.05) is 0 Å². The van der Waals surface area contributed by atoms with E-state index in [0.29, 0.717) is 5.75 Å². The largest absolute Gasteiger partial charge is 0.495 e. The summed E-state index contributed by atoms with van der Waals surface area (Å²) in [6, 6.07) is 12.0. The third kappa shape index (κ3) is 7.79. The molecule has 43 heavy (non-hydrogen) atoms. The molecule has 0 bridgehead atoms. The van der Waals surface area contributed by atoms with Gasteiger partial charge >= 0.3 is 0 Å². The van der Waals surface area contributed by atoms with Crippen molar-refractivity contribution in [1.29, 1.82) is 0 Å². The van der Waals surface area contributed by atoms with Crippen LogP contribution in [0.2, 0.25) is 0 Å². The van der Waals surface area contributed by atoms with Crippen molar-refractivity contribution in [3.63, 3.8) is 0 Å². The van der Waals surface area contributed by atoms with Crippen LogP contribution in [0.4, 0.5) is 11.4 Å². The number of unbranched alkanes of at least 4 members (excludes halogenated alkanes) is 15. The van der Waals surface area contributed by atoms with Crippen molar-refractivity contribution < 1.29 is 9.66 Å². The fourth-order valence-corrected chi connectivity index (χ4v) is 8.62. The lowest BCUT2D eigenvalue weighted by Gasteiger charge is -2.47. The van der Waals surface area contributed by atoms with Gasteiger partial charge in [0.2, 0.25) is 0 Å².